The maximum atomic E-state index is 4.97. The van der Waals surface area contributed by atoms with Gasteiger partial charge in [-0.3, -0.25) is 0 Å². The van der Waals surface area contributed by atoms with Crippen LogP contribution >= 0.6 is 0 Å². The van der Waals surface area contributed by atoms with Gasteiger partial charge in [0, 0.05) is 74.9 Å². The molecule has 5 rings (SSSR count). The molecule has 12 nitrogen and oxygen atoms in total. The van der Waals surface area contributed by atoms with E-state index in [9.17, 15) is 0 Å². The van der Waals surface area contributed by atoms with Crippen LogP contribution in [0.15, 0.2) is 12.1 Å². The Morgan fingerprint density at radius 2 is 0.800 bits per heavy atom. The van der Waals surface area contributed by atoms with Gasteiger partial charge in [-0.25, -0.2) is 9.97 Å². The molecule has 0 amide bonds. The van der Waals surface area contributed by atoms with Gasteiger partial charge in [0.25, 0.3) is 0 Å². The summed E-state index contributed by atoms with van der Waals surface area (Å²) in [5.74, 6) is 2.25. The van der Waals surface area contributed by atoms with Crippen molar-refractivity contribution in [2.24, 2.45) is 0 Å². The van der Waals surface area contributed by atoms with Gasteiger partial charge in [-0.15, -0.1) is 0 Å². The number of hydrogen-bond acceptors (Lipinski definition) is 10. The summed E-state index contributed by atoms with van der Waals surface area (Å²) in [7, 11) is 0. The van der Waals surface area contributed by atoms with Crippen LogP contribution < -0.4 is 19.8 Å². The van der Waals surface area contributed by atoms with E-state index in [0.29, 0.717) is 45.9 Å². The summed E-state index contributed by atoms with van der Waals surface area (Å²) in [5.41, 5.74) is 5.90. The Labute approximate surface area is 282 Å². The van der Waals surface area contributed by atoms with Crippen LogP contribution in [0.2, 0.25) is 0 Å². The standard InChI is InChI=1S/C32H44N12.Mg/c1-9-41(10-2)21-17-25-33-29(21)37-26-18-22(42(11-3)12-4)31(34-26)39-28-20-24(44(15-7)16-8)32(36-28)40-27-19-23(30(35-27)38-25)43(13-5)14-6;/h17-20H,9-16H2,1-8H3;/q-2;+2. The average molecular weight is 621 g/mol. The largest absolute Gasteiger partial charge is 2.00 e. The molecule has 2 aliphatic heterocycles. The molecular weight excluding hydrogens is 577 g/mol. The molecule has 0 saturated heterocycles. The van der Waals surface area contributed by atoms with Crippen molar-refractivity contribution in [3.8, 4) is 0 Å². The third-order valence-electron chi connectivity index (χ3n) is 8.16. The van der Waals surface area contributed by atoms with E-state index in [1.54, 1.807) is 0 Å². The molecule has 0 radical (unpaired) electrons. The van der Waals surface area contributed by atoms with Crippen LogP contribution in [0.5, 0.6) is 0 Å². The van der Waals surface area contributed by atoms with Crippen LogP contribution in [0.25, 0.3) is 46.1 Å². The first kappa shape index (κ1) is 34.2. The van der Waals surface area contributed by atoms with Crippen molar-refractivity contribution in [2.45, 2.75) is 55.4 Å². The van der Waals surface area contributed by atoms with Gasteiger partial charge >= 0.3 is 23.1 Å². The van der Waals surface area contributed by atoms with E-state index in [2.05, 4.69) is 75.0 Å². The molecule has 13 heteroatoms. The van der Waals surface area contributed by atoms with Crippen LogP contribution in [0.4, 0.5) is 11.4 Å². The van der Waals surface area contributed by atoms with Crippen LogP contribution in [-0.2, 0) is 0 Å². The fourth-order valence-electron chi connectivity index (χ4n) is 5.72. The molecule has 5 heterocycles. The Morgan fingerprint density at radius 1 is 0.467 bits per heavy atom. The molecule has 0 spiro atoms. The van der Waals surface area contributed by atoms with Gasteiger partial charge in [-0.05, 0) is 79.7 Å². The van der Waals surface area contributed by atoms with E-state index in [0.717, 1.165) is 75.1 Å². The molecule has 0 aromatic carbocycles. The number of nitrogens with zero attached hydrogens (tertiary/aromatic N) is 12. The summed E-state index contributed by atoms with van der Waals surface area (Å²) in [6.45, 7) is 23.5. The summed E-state index contributed by atoms with van der Waals surface area (Å²) >= 11 is 0. The topological polar surface area (TPSA) is 118 Å². The zero-order valence-corrected chi connectivity index (χ0v) is 29.5. The smallest absolute Gasteiger partial charge is 0.371 e. The first-order valence-corrected chi connectivity index (χ1v) is 16.0. The van der Waals surface area contributed by atoms with E-state index in [4.69, 9.17) is 39.9 Å². The second-order valence-electron chi connectivity index (χ2n) is 10.4. The van der Waals surface area contributed by atoms with Crippen molar-refractivity contribution in [2.75, 3.05) is 62.2 Å². The van der Waals surface area contributed by atoms with Crippen LogP contribution in [0.3, 0.4) is 0 Å². The van der Waals surface area contributed by atoms with Crippen molar-refractivity contribution in [1.82, 2.24) is 49.7 Å². The van der Waals surface area contributed by atoms with Crippen molar-refractivity contribution in [1.29, 1.82) is 0 Å². The molecule has 0 fully saturated rings. The predicted octanol–water partition coefficient (Wildman–Crippen LogP) is 4.14. The molecule has 0 atom stereocenters. The number of hydrogen-bond donors (Lipinski definition) is 0. The minimum absolute atomic E-state index is 0. The SMILES string of the molecule is CCN(CC)C1=Cc2nc1nc1cc(N(CC)CC)c(nc3nc(nc4cc(N(CC)CC)c(n2)[n-]4)C(N(CC)CC)=C3)[n-]1.[Mg+2]. The normalized spacial score (nSPS) is 12.4. The predicted molar refractivity (Wildman–Crippen MR) is 185 cm³/mol. The summed E-state index contributed by atoms with van der Waals surface area (Å²) in [5, 5.41) is 0. The van der Waals surface area contributed by atoms with Crippen molar-refractivity contribution >= 4 is 80.6 Å². The van der Waals surface area contributed by atoms with E-state index in [1.807, 2.05) is 24.3 Å². The molecule has 8 bridgehead atoms. The summed E-state index contributed by atoms with van der Waals surface area (Å²) < 4.78 is 0. The van der Waals surface area contributed by atoms with Crippen LogP contribution in [0, 0.1) is 0 Å². The molecule has 0 N–H and O–H groups in total. The second-order valence-corrected chi connectivity index (χ2v) is 10.4. The van der Waals surface area contributed by atoms with E-state index in [-0.39, 0.29) is 23.1 Å². The maximum Gasteiger partial charge on any atom is 2.00 e. The number of fused-ring (bicyclic) bond motifs is 8. The van der Waals surface area contributed by atoms with Gasteiger partial charge < -0.3 is 49.5 Å². The molecule has 3 aromatic rings. The zero-order chi connectivity index (χ0) is 31.4. The molecule has 3 aromatic heterocycles. The fraction of sp³-hybridized carbons (Fsp3) is 0.500. The van der Waals surface area contributed by atoms with E-state index < -0.39 is 0 Å². The number of rotatable bonds is 12. The van der Waals surface area contributed by atoms with Crippen molar-refractivity contribution < 1.29 is 0 Å². The second kappa shape index (κ2) is 15.0. The zero-order valence-electron chi connectivity index (χ0n) is 28.0. The van der Waals surface area contributed by atoms with E-state index in [1.165, 1.54) is 0 Å². The first-order chi connectivity index (χ1) is 21.4. The Balaban J connectivity index is 0.00000461. The Hall–Kier alpha value is -3.71. The van der Waals surface area contributed by atoms with Gasteiger partial charge in [0.15, 0.2) is 0 Å². The Morgan fingerprint density at radius 3 is 1.11 bits per heavy atom. The quantitative estimate of drug-likeness (QED) is 0.271. The maximum absolute atomic E-state index is 4.97. The molecule has 0 saturated carbocycles. The number of aromatic nitrogens is 8. The summed E-state index contributed by atoms with van der Waals surface area (Å²) in [4.78, 5) is 48.4. The molecule has 2 aliphatic rings. The molecule has 0 unspecified atom stereocenters. The fourth-order valence-corrected chi connectivity index (χ4v) is 5.72. The van der Waals surface area contributed by atoms with Crippen molar-refractivity contribution in [3.05, 3.63) is 35.4 Å². The molecule has 45 heavy (non-hydrogen) atoms. The van der Waals surface area contributed by atoms with Crippen LogP contribution in [-0.4, -0.2) is 115 Å². The summed E-state index contributed by atoms with van der Waals surface area (Å²) in [6.07, 6.45) is 3.98. The van der Waals surface area contributed by atoms with Crippen molar-refractivity contribution in [3.63, 3.8) is 0 Å². The average Bonchev–Trinajstić information content (AvgIpc) is 3.80. The van der Waals surface area contributed by atoms with Gasteiger partial charge in [0.2, 0.25) is 0 Å². The Kier molecular flexibility index (Phi) is 11.4. The Bertz CT molecular complexity index is 1560. The first-order valence-electron chi connectivity index (χ1n) is 16.0. The third kappa shape index (κ3) is 6.93. The number of anilines is 2. The monoisotopic (exact) mass is 620 g/mol. The summed E-state index contributed by atoms with van der Waals surface area (Å²) in [6, 6.07) is 3.98. The third-order valence-corrected chi connectivity index (χ3v) is 8.16. The molecule has 234 valence electrons. The molecular formula is C32H44MgN12. The van der Waals surface area contributed by atoms with Gasteiger partial charge in [-0.1, -0.05) is 0 Å². The van der Waals surface area contributed by atoms with E-state index >= 15 is 0 Å². The van der Waals surface area contributed by atoms with Gasteiger partial charge in [0.05, 0.1) is 34.4 Å². The van der Waals surface area contributed by atoms with Crippen LogP contribution in [0.1, 0.15) is 78.7 Å². The van der Waals surface area contributed by atoms with Gasteiger partial charge in [0.1, 0.15) is 11.6 Å². The minimum atomic E-state index is 0. The molecule has 0 aliphatic carbocycles. The van der Waals surface area contributed by atoms with Gasteiger partial charge in [-0.2, -0.15) is 0 Å². The minimum Gasteiger partial charge on any atom is -0.371 e.